The Bertz CT molecular complexity index is 1260. The van der Waals surface area contributed by atoms with Crippen LogP contribution in [0.5, 0.6) is 5.75 Å². The first kappa shape index (κ1) is 31.0. The molecule has 4 aliphatic rings. The van der Waals surface area contributed by atoms with Crippen LogP contribution in [0.2, 0.25) is 0 Å². The molecule has 1 aliphatic heterocycles. The van der Waals surface area contributed by atoms with Gasteiger partial charge in [-0.2, -0.15) is 5.06 Å². The van der Waals surface area contributed by atoms with E-state index in [4.69, 9.17) is 9.57 Å². The average molecular weight is 581 g/mol. The van der Waals surface area contributed by atoms with Crippen LogP contribution < -0.4 is 10.1 Å². The van der Waals surface area contributed by atoms with E-state index in [1.54, 1.807) is 19.1 Å². The molecule has 0 aromatic heterocycles. The highest BCUT2D eigenvalue weighted by molar-refractivity contribution is 5.83. The fourth-order valence-electron chi connectivity index (χ4n) is 8.04. The molecule has 2 aromatic rings. The molecule has 0 radical (unpaired) electrons. The van der Waals surface area contributed by atoms with Crippen molar-refractivity contribution in [2.75, 3.05) is 13.7 Å². The maximum absolute atomic E-state index is 14.0. The van der Waals surface area contributed by atoms with Crippen LogP contribution in [0.4, 0.5) is 0 Å². The van der Waals surface area contributed by atoms with Gasteiger partial charge in [-0.3, -0.25) is 9.63 Å². The molecular weight excluding hydrogens is 532 g/mol. The Morgan fingerprint density at radius 2 is 1.93 bits per heavy atom. The number of fused-ring (bicyclic) bond motifs is 2. The van der Waals surface area contributed by atoms with Crippen molar-refractivity contribution in [3.05, 3.63) is 53.1 Å². The van der Waals surface area contributed by atoms with Gasteiger partial charge in [0.2, 0.25) is 5.91 Å². The molecule has 3 aliphatic carbocycles. The lowest BCUT2D eigenvalue weighted by Gasteiger charge is -2.62. The van der Waals surface area contributed by atoms with Gasteiger partial charge in [-0.15, -0.1) is 0 Å². The molecule has 0 spiro atoms. The number of nitrogens with one attached hydrogen (secondary N) is 1. The predicted molar refractivity (Wildman–Crippen MR) is 161 cm³/mol. The molecule has 2 bridgehead atoms. The highest BCUT2D eigenvalue weighted by Crippen LogP contribution is 2.61. The average Bonchev–Trinajstić information content (AvgIpc) is 3.36. The number of methoxy groups -OCH3 is 1. The van der Waals surface area contributed by atoms with Crippen molar-refractivity contribution < 1.29 is 29.7 Å². The van der Waals surface area contributed by atoms with E-state index in [2.05, 4.69) is 39.1 Å². The van der Waals surface area contributed by atoms with Crippen molar-refractivity contribution >= 4 is 5.91 Å². The number of carbonyl (C=O) groups is 1. The number of hydroxylamine groups is 2. The summed E-state index contributed by atoms with van der Waals surface area (Å²) in [6.45, 7) is 10.5. The minimum absolute atomic E-state index is 0.0524. The molecule has 2 aromatic carbocycles. The van der Waals surface area contributed by atoms with E-state index >= 15 is 0 Å². The number of hydrogen-bond donors (Lipinski definition) is 4. The molecule has 1 saturated heterocycles. The minimum atomic E-state index is -0.860. The summed E-state index contributed by atoms with van der Waals surface area (Å²) in [6, 6.07) is 11.2. The van der Waals surface area contributed by atoms with E-state index in [9.17, 15) is 20.1 Å². The maximum Gasteiger partial charge on any atom is 0.240 e. The number of para-hydroxylation sites is 1. The SMILES string of the molecule is CCc1cc(CO)cc(-c2cccc(CN3O[C@@H](CO)[C@H]([C@H](C)O)[C@H]3C(=O)N[C@@H]3CC4C[C@H]([C@@H]3C)C4(C)C)c2OC)c1. The zero-order chi connectivity index (χ0) is 30.3. The van der Waals surface area contributed by atoms with E-state index in [-0.39, 0.29) is 31.7 Å². The summed E-state index contributed by atoms with van der Waals surface area (Å²) in [5.41, 5.74) is 4.90. The molecule has 1 unspecified atom stereocenters. The van der Waals surface area contributed by atoms with Crippen molar-refractivity contribution in [1.29, 1.82) is 0 Å². The largest absolute Gasteiger partial charge is 0.496 e. The van der Waals surface area contributed by atoms with Crippen LogP contribution in [-0.4, -0.2) is 64.3 Å². The number of aliphatic hydroxyl groups is 3. The van der Waals surface area contributed by atoms with E-state index in [1.165, 1.54) is 6.42 Å². The lowest BCUT2D eigenvalue weighted by atomic mass is 9.45. The summed E-state index contributed by atoms with van der Waals surface area (Å²) in [6.07, 6.45) is 1.44. The fourth-order valence-corrected chi connectivity index (χ4v) is 8.04. The number of rotatable bonds is 10. The van der Waals surface area contributed by atoms with Gasteiger partial charge in [0.15, 0.2) is 0 Å². The van der Waals surface area contributed by atoms with Gasteiger partial charge in [0.25, 0.3) is 0 Å². The summed E-state index contributed by atoms with van der Waals surface area (Å²) in [7, 11) is 1.63. The van der Waals surface area contributed by atoms with Crippen LogP contribution in [0.15, 0.2) is 36.4 Å². The Kier molecular flexibility index (Phi) is 9.03. The van der Waals surface area contributed by atoms with Crippen molar-refractivity contribution in [3.8, 4) is 16.9 Å². The second kappa shape index (κ2) is 12.2. The topological polar surface area (TPSA) is 111 Å². The number of ether oxygens (including phenoxy) is 1. The summed E-state index contributed by atoms with van der Waals surface area (Å²) in [4.78, 5) is 20.2. The zero-order valence-electron chi connectivity index (χ0n) is 25.8. The summed E-state index contributed by atoms with van der Waals surface area (Å²) in [5.74, 6) is 1.43. The van der Waals surface area contributed by atoms with Crippen molar-refractivity contribution in [2.45, 2.75) is 91.3 Å². The first-order valence-corrected chi connectivity index (χ1v) is 15.5. The van der Waals surface area contributed by atoms with E-state index in [0.717, 1.165) is 40.7 Å². The molecule has 6 rings (SSSR count). The number of aryl methyl sites for hydroxylation is 1. The molecule has 8 nitrogen and oxygen atoms in total. The van der Waals surface area contributed by atoms with Gasteiger partial charge in [-0.25, -0.2) is 0 Å². The van der Waals surface area contributed by atoms with E-state index < -0.39 is 24.2 Å². The van der Waals surface area contributed by atoms with Crippen LogP contribution in [0.1, 0.15) is 64.2 Å². The molecule has 4 N–H and O–H groups in total. The second-order valence-corrected chi connectivity index (χ2v) is 13.3. The van der Waals surface area contributed by atoms with Gasteiger partial charge in [-0.05, 0) is 72.1 Å². The molecule has 8 heteroatoms. The van der Waals surface area contributed by atoms with Crippen LogP contribution in [0.3, 0.4) is 0 Å². The third-order valence-electron chi connectivity index (χ3n) is 10.6. The first-order chi connectivity index (χ1) is 20.0. The minimum Gasteiger partial charge on any atom is -0.496 e. The molecule has 8 atom stereocenters. The monoisotopic (exact) mass is 580 g/mol. The lowest BCUT2D eigenvalue weighted by Crippen LogP contribution is -2.62. The zero-order valence-corrected chi connectivity index (χ0v) is 25.8. The Morgan fingerprint density at radius 1 is 1.19 bits per heavy atom. The van der Waals surface area contributed by atoms with Gasteiger partial charge in [0.05, 0.1) is 33.0 Å². The summed E-state index contributed by atoms with van der Waals surface area (Å²) >= 11 is 0. The smallest absolute Gasteiger partial charge is 0.240 e. The Balaban J connectivity index is 1.44. The first-order valence-electron chi connectivity index (χ1n) is 15.5. The lowest BCUT2D eigenvalue weighted by molar-refractivity contribution is -0.183. The van der Waals surface area contributed by atoms with Crippen molar-refractivity contribution in [1.82, 2.24) is 10.4 Å². The molecule has 3 saturated carbocycles. The Hall–Kier alpha value is -2.49. The van der Waals surface area contributed by atoms with Gasteiger partial charge < -0.3 is 25.4 Å². The highest BCUT2D eigenvalue weighted by Gasteiger charge is 2.57. The highest BCUT2D eigenvalue weighted by atomic mass is 16.7. The molecule has 1 heterocycles. The van der Waals surface area contributed by atoms with E-state index in [1.807, 2.05) is 30.3 Å². The van der Waals surface area contributed by atoms with Crippen LogP contribution in [0.25, 0.3) is 11.1 Å². The normalized spacial score (nSPS) is 30.9. The Labute approximate surface area is 250 Å². The van der Waals surface area contributed by atoms with E-state index in [0.29, 0.717) is 28.9 Å². The van der Waals surface area contributed by atoms with Crippen molar-refractivity contribution in [3.63, 3.8) is 0 Å². The number of hydrogen-bond acceptors (Lipinski definition) is 7. The summed E-state index contributed by atoms with van der Waals surface area (Å²) < 4.78 is 5.94. The molecule has 42 heavy (non-hydrogen) atoms. The summed E-state index contributed by atoms with van der Waals surface area (Å²) in [5, 5.41) is 35.8. The van der Waals surface area contributed by atoms with Crippen LogP contribution in [0, 0.1) is 29.1 Å². The predicted octanol–water partition coefficient (Wildman–Crippen LogP) is 4.08. The van der Waals surface area contributed by atoms with Crippen molar-refractivity contribution in [2.24, 2.45) is 29.1 Å². The maximum atomic E-state index is 14.0. The third kappa shape index (κ3) is 5.48. The number of amides is 1. The Morgan fingerprint density at radius 3 is 2.52 bits per heavy atom. The number of benzene rings is 2. The molecule has 230 valence electrons. The molecule has 4 fully saturated rings. The second-order valence-electron chi connectivity index (χ2n) is 13.3. The fraction of sp³-hybridized carbons (Fsp3) is 0.618. The van der Waals surface area contributed by atoms with Gasteiger partial charge >= 0.3 is 0 Å². The van der Waals surface area contributed by atoms with Gasteiger partial charge in [0, 0.05) is 23.1 Å². The molecule has 1 amide bonds. The quantitative estimate of drug-likeness (QED) is 0.335. The number of nitrogens with zero attached hydrogens (tertiary/aromatic N) is 1. The van der Waals surface area contributed by atoms with Crippen LogP contribution >= 0.6 is 0 Å². The number of aliphatic hydroxyl groups excluding tert-OH is 3. The van der Waals surface area contributed by atoms with Gasteiger partial charge in [-0.1, -0.05) is 58.0 Å². The standard InChI is InChI=1S/C34H48N2O6/c1-7-21-11-22(17-37)13-24(12-21)26-10-8-9-23(32(26)41-6)16-36-31(30(20(3)39)29(18-38)42-36)33(40)35-28-15-25-14-27(19(28)2)34(25,4)5/h8-13,19-20,25,27-31,37-39H,7,14-18H2,1-6H3,(H,35,40)/t19-,20-,25?,27+,28+,29-,30-,31-/m0/s1. The third-order valence-corrected chi connectivity index (χ3v) is 10.6. The molecular formula is C34H48N2O6. The van der Waals surface area contributed by atoms with Gasteiger partial charge in [0.1, 0.15) is 17.9 Å². The van der Waals surface area contributed by atoms with Crippen LogP contribution in [-0.2, 0) is 29.2 Å². The number of carbonyl (C=O) groups excluding carboxylic acids is 1.